The fourth-order valence-electron chi connectivity index (χ4n) is 1.08. The number of aliphatic carboxylic acids is 1. The smallest absolute Gasteiger partial charge is 0.375 e. The summed E-state index contributed by atoms with van der Waals surface area (Å²) in [5, 5.41) is 8.22. The van der Waals surface area contributed by atoms with Gasteiger partial charge in [0.2, 0.25) is 0 Å². The van der Waals surface area contributed by atoms with Crippen molar-refractivity contribution in [3.8, 4) is 0 Å². The zero-order valence-electron chi connectivity index (χ0n) is 8.17. The van der Waals surface area contributed by atoms with Crippen molar-refractivity contribution in [2.24, 2.45) is 0 Å². The number of alkyl halides is 2. The summed E-state index contributed by atoms with van der Waals surface area (Å²) < 4.78 is 25.5. The second kappa shape index (κ2) is 5.70. The summed E-state index contributed by atoms with van der Waals surface area (Å²) in [5.41, 5.74) is 0. The maximum absolute atomic E-state index is 12.8. The minimum Gasteiger partial charge on any atom is -0.477 e. The summed E-state index contributed by atoms with van der Waals surface area (Å²) in [4.78, 5) is 11.5. The predicted molar refractivity (Wildman–Crippen MR) is 49.5 cm³/mol. The van der Waals surface area contributed by atoms with Gasteiger partial charge in [0.25, 0.3) is 0 Å². The van der Waals surface area contributed by atoms with E-state index < -0.39 is 18.4 Å². The number of carboxylic acid groups (broad SMARTS) is 1. The zero-order valence-corrected chi connectivity index (χ0v) is 8.17. The number of nitrogens with zero attached hydrogens (tertiary/aromatic N) is 1. The van der Waals surface area contributed by atoms with Crippen LogP contribution < -0.4 is 0 Å². The summed E-state index contributed by atoms with van der Waals surface area (Å²) in [6.07, 6.45) is 2.18. The minimum absolute atomic E-state index is 0.275. The third-order valence-electron chi connectivity index (χ3n) is 1.66. The topological polar surface area (TPSA) is 40.5 Å². The van der Waals surface area contributed by atoms with Crippen LogP contribution in [0.25, 0.3) is 0 Å². The van der Waals surface area contributed by atoms with Crippen LogP contribution in [0.4, 0.5) is 8.78 Å². The van der Waals surface area contributed by atoms with Crippen molar-refractivity contribution in [3.63, 3.8) is 0 Å². The molecule has 0 aromatic rings. The Morgan fingerprint density at radius 2 is 2.21 bits per heavy atom. The molecule has 0 fully saturated rings. The third-order valence-corrected chi connectivity index (χ3v) is 1.66. The van der Waals surface area contributed by atoms with E-state index in [1.165, 1.54) is 11.0 Å². The average molecular weight is 207 g/mol. The molecule has 0 rings (SSSR count). The highest BCUT2D eigenvalue weighted by Crippen LogP contribution is 2.15. The molecular formula is C9H15F2NO2. The molecule has 0 aromatic heterocycles. The van der Waals surface area contributed by atoms with E-state index in [0.717, 1.165) is 0 Å². The molecule has 0 atom stereocenters. The van der Waals surface area contributed by atoms with E-state index in [0.29, 0.717) is 13.0 Å². The summed E-state index contributed by atoms with van der Waals surface area (Å²) in [7, 11) is 0. The molecule has 0 aliphatic heterocycles. The number of rotatable bonds is 7. The van der Waals surface area contributed by atoms with E-state index in [-0.39, 0.29) is 6.54 Å². The van der Waals surface area contributed by atoms with Crippen LogP contribution >= 0.6 is 0 Å². The Labute approximate surface area is 82.0 Å². The molecule has 82 valence electrons. The normalized spacial score (nSPS) is 11.7. The Hall–Kier alpha value is -0.970. The molecule has 0 bridgehead atoms. The van der Waals surface area contributed by atoms with Gasteiger partial charge in [-0.1, -0.05) is 13.0 Å². The van der Waals surface area contributed by atoms with Gasteiger partial charge in [0, 0.05) is 6.54 Å². The molecule has 0 saturated heterocycles. The van der Waals surface area contributed by atoms with Crippen molar-refractivity contribution in [3.05, 3.63) is 12.7 Å². The molecule has 1 N–H and O–H groups in total. The Balaban J connectivity index is 4.26. The largest absolute Gasteiger partial charge is 0.477 e. The molecule has 0 heterocycles. The van der Waals surface area contributed by atoms with Crippen molar-refractivity contribution < 1.29 is 18.7 Å². The monoisotopic (exact) mass is 207 g/mol. The summed E-state index contributed by atoms with van der Waals surface area (Å²) in [6, 6.07) is 0. The highest BCUT2D eigenvalue weighted by Gasteiger charge is 2.40. The van der Waals surface area contributed by atoms with E-state index in [9.17, 15) is 13.6 Å². The van der Waals surface area contributed by atoms with Crippen LogP contribution in [-0.2, 0) is 4.79 Å². The van der Waals surface area contributed by atoms with Crippen LogP contribution in [0, 0.1) is 0 Å². The van der Waals surface area contributed by atoms with Gasteiger partial charge in [0.05, 0.1) is 6.54 Å². The lowest BCUT2D eigenvalue weighted by Crippen LogP contribution is -2.42. The van der Waals surface area contributed by atoms with Gasteiger partial charge in [-0.2, -0.15) is 8.78 Å². The molecule has 5 heteroatoms. The Kier molecular flexibility index (Phi) is 5.30. The number of carboxylic acids is 1. The zero-order chi connectivity index (χ0) is 11.2. The maximum atomic E-state index is 12.8. The first kappa shape index (κ1) is 13.0. The van der Waals surface area contributed by atoms with E-state index in [1.807, 2.05) is 6.92 Å². The van der Waals surface area contributed by atoms with Gasteiger partial charge in [-0.15, -0.1) is 6.58 Å². The van der Waals surface area contributed by atoms with Crippen molar-refractivity contribution in [1.82, 2.24) is 4.90 Å². The number of hydrogen-bond acceptors (Lipinski definition) is 2. The van der Waals surface area contributed by atoms with Crippen LogP contribution in [0.15, 0.2) is 12.7 Å². The van der Waals surface area contributed by atoms with E-state index in [4.69, 9.17) is 5.11 Å². The van der Waals surface area contributed by atoms with Crippen molar-refractivity contribution in [1.29, 1.82) is 0 Å². The number of halogens is 2. The number of carbonyl (C=O) groups is 1. The molecule has 0 spiro atoms. The lowest BCUT2D eigenvalue weighted by molar-refractivity contribution is -0.167. The quantitative estimate of drug-likeness (QED) is 0.645. The lowest BCUT2D eigenvalue weighted by atomic mass is 10.3. The Bertz CT molecular complexity index is 207. The molecule has 0 aliphatic rings. The van der Waals surface area contributed by atoms with Crippen LogP contribution in [0.2, 0.25) is 0 Å². The first-order valence-electron chi connectivity index (χ1n) is 4.38. The van der Waals surface area contributed by atoms with Crippen LogP contribution in [-0.4, -0.2) is 41.5 Å². The summed E-state index contributed by atoms with van der Waals surface area (Å²) in [5.74, 6) is -5.76. The fraction of sp³-hybridized carbons (Fsp3) is 0.667. The lowest BCUT2D eigenvalue weighted by Gasteiger charge is -2.23. The average Bonchev–Trinajstić information content (AvgIpc) is 2.04. The molecule has 0 aliphatic carbocycles. The van der Waals surface area contributed by atoms with Gasteiger partial charge in [-0.05, 0) is 13.0 Å². The standard InChI is InChI=1S/C9H15F2NO2/c1-3-5-12(6-4-2)7-9(10,11)8(13)14/h3H,1,4-7H2,2H3,(H,13,14). The third kappa shape index (κ3) is 4.32. The molecule has 0 unspecified atom stereocenters. The van der Waals surface area contributed by atoms with E-state index >= 15 is 0 Å². The minimum atomic E-state index is -3.68. The molecule has 14 heavy (non-hydrogen) atoms. The first-order valence-corrected chi connectivity index (χ1v) is 4.38. The van der Waals surface area contributed by atoms with Gasteiger partial charge in [0.1, 0.15) is 0 Å². The van der Waals surface area contributed by atoms with E-state index in [2.05, 4.69) is 6.58 Å². The van der Waals surface area contributed by atoms with Crippen LogP contribution in [0.5, 0.6) is 0 Å². The maximum Gasteiger partial charge on any atom is 0.375 e. The Morgan fingerprint density at radius 3 is 2.57 bits per heavy atom. The van der Waals surface area contributed by atoms with Gasteiger partial charge < -0.3 is 5.11 Å². The second-order valence-electron chi connectivity index (χ2n) is 3.03. The second-order valence-corrected chi connectivity index (χ2v) is 3.03. The van der Waals surface area contributed by atoms with Gasteiger partial charge in [-0.3, -0.25) is 4.90 Å². The predicted octanol–water partition coefficient (Wildman–Crippen LogP) is 1.60. The Morgan fingerprint density at radius 1 is 1.64 bits per heavy atom. The van der Waals surface area contributed by atoms with Crippen molar-refractivity contribution >= 4 is 5.97 Å². The molecule has 3 nitrogen and oxygen atoms in total. The first-order chi connectivity index (χ1) is 6.44. The fourth-order valence-corrected chi connectivity index (χ4v) is 1.08. The SMILES string of the molecule is C=CCN(CCC)CC(F)(F)C(=O)O. The van der Waals surface area contributed by atoms with Crippen LogP contribution in [0.1, 0.15) is 13.3 Å². The molecular weight excluding hydrogens is 192 g/mol. The molecule has 0 radical (unpaired) electrons. The van der Waals surface area contributed by atoms with Crippen LogP contribution in [0.3, 0.4) is 0 Å². The summed E-state index contributed by atoms with van der Waals surface area (Å²) in [6.45, 7) is 5.22. The molecule has 0 aromatic carbocycles. The van der Waals surface area contributed by atoms with E-state index in [1.54, 1.807) is 0 Å². The highest BCUT2D eigenvalue weighted by molar-refractivity contribution is 5.75. The highest BCUT2D eigenvalue weighted by atomic mass is 19.3. The van der Waals surface area contributed by atoms with Gasteiger partial charge >= 0.3 is 11.9 Å². The van der Waals surface area contributed by atoms with Gasteiger partial charge in [-0.25, -0.2) is 4.79 Å². The van der Waals surface area contributed by atoms with Gasteiger partial charge in [0.15, 0.2) is 0 Å². The summed E-state index contributed by atoms with van der Waals surface area (Å²) >= 11 is 0. The van der Waals surface area contributed by atoms with Crippen molar-refractivity contribution in [2.45, 2.75) is 19.3 Å². The number of hydrogen-bond donors (Lipinski definition) is 1. The molecule has 0 amide bonds. The van der Waals surface area contributed by atoms with Crippen molar-refractivity contribution in [2.75, 3.05) is 19.6 Å². The molecule has 0 saturated carbocycles.